The minimum Gasteiger partial charge on any atom is -0.338 e. The Morgan fingerprint density at radius 3 is 3.19 bits per heavy atom. The van der Waals surface area contributed by atoms with Gasteiger partial charge in [-0.1, -0.05) is 13.0 Å². The number of rotatable bonds is 3. The molecule has 2 amide bonds. The fourth-order valence-electron chi connectivity index (χ4n) is 2.85. The number of piperidine rings is 1. The molecule has 1 aliphatic rings. The lowest BCUT2D eigenvalue weighted by molar-refractivity contribution is 0.178. The molecule has 1 atom stereocenters. The molecular weight excluding hydrogens is 266 g/mol. The summed E-state index contributed by atoms with van der Waals surface area (Å²) in [6.45, 7) is 4.32. The number of hydrogen-bond acceptors (Lipinski definition) is 3. The summed E-state index contributed by atoms with van der Waals surface area (Å²) in [6, 6.07) is 5.92. The molecule has 6 heteroatoms. The summed E-state index contributed by atoms with van der Waals surface area (Å²) in [5, 5.41) is 11.5. The van der Waals surface area contributed by atoms with Gasteiger partial charge in [0.2, 0.25) is 0 Å². The Labute approximate surface area is 124 Å². The molecule has 2 aromatic heterocycles. The number of fused-ring (bicyclic) bond motifs is 1. The van der Waals surface area contributed by atoms with E-state index >= 15 is 0 Å². The second kappa shape index (κ2) is 6.11. The lowest BCUT2D eigenvalue weighted by Crippen LogP contribution is -2.45. The van der Waals surface area contributed by atoms with Crippen LogP contribution in [-0.4, -0.2) is 45.2 Å². The van der Waals surface area contributed by atoms with Crippen molar-refractivity contribution >= 4 is 11.7 Å². The predicted octanol–water partition coefficient (Wildman–Crippen LogP) is 2.03. The molecule has 1 fully saturated rings. The summed E-state index contributed by atoms with van der Waals surface area (Å²) in [4.78, 5) is 14.0. The van der Waals surface area contributed by atoms with Gasteiger partial charge in [-0.25, -0.2) is 4.79 Å². The van der Waals surface area contributed by atoms with Crippen LogP contribution in [0.25, 0.3) is 5.65 Å². The third-order valence-corrected chi connectivity index (χ3v) is 3.94. The number of nitrogens with one attached hydrogen (secondary N) is 1. The fourth-order valence-corrected chi connectivity index (χ4v) is 2.85. The Balaban J connectivity index is 1.75. The topological polar surface area (TPSA) is 62.5 Å². The summed E-state index contributed by atoms with van der Waals surface area (Å²) in [7, 11) is 0. The molecule has 112 valence electrons. The molecule has 0 aromatic carbocycles. The Morgan fingerprint density at radius 1 is 1.43 bits per heavy atom. The molecular formula is C15H21N5O. The first-order valence-electron chi connectivity index (χ1n) is 7.62. The maximum Gasteiger partial charge on any atom is 0.317 e. The first kappa shape index (κ1) is 13.9. The number of amides is 2. The van der Waals surface area contributed by atoms with E-state index in [0.29, 0.717) is 6.54 Å². The van der Waals surface area contributed by atoms with E-state index in [-0.39, 0.29) is 11.9 Å². The van der Waals surface area contributed by atoms with Crippen LogP contribution in [0.15, 0.2) is 24.4 Å². The zero-order chi connectivity index (χ0) is 14.7. The summed E-state index contributed by atoms with van der Waals surface area (Å²) in [6.07, 6.45) is 5.00. The molecule has 2 aromatic rings. The van der Waals surface area contributed by atoms with E-state index in [4.69, 9.17) is 0 Å². The molecule has 21 heavy (non-hydrogen) atoms. The molecule has 0 bridgehead atoms. The average molecular weight is 287 g/mol. The van der Waals surface area contributed by atoms with Gasteiger partial charge in [-0.15, -0.1) is 10.2 Å². The molecule has 6 nitrogen and oxygen atoms in total. The van der Waals surface area contributed by atoms with Gasteiger partial charge in [0.1, 0.15) is 5.82 Å². The SMILES string of the molecule is CCCNC(=O)N1CCC[C@H](c2nnc3ccccn23)C1. The highest BCUT2D eigenvalue weighted by molar-refractivity contribution is 5.74. The molecule has 1 saturated heterocycles. The Kier molecular flexibility index (Phi) is 4.03. The van der Waals surface area contributed by atoms with Crippen molar-refractivity contribution in [2.45, 2.75) is 32.1 Å². The minimum absolute atomic E-state index is 0.0374. The lowest BCUT2D eigenvalue weighted by Gasteiger charge is -2.32. The van der Waals surface area contributed by atoms with E-state index in [1.807, 2.05) is 33.7 Å². The van der Waals surface area contributed by atoms with Crippen LogP contribution in [0.4, 0.5) is 4.79 Å². The highest BCUT2D eigenvalue weighted by Crippen LogP contribution is 2.25. The largest absolute Gasteiger partial charge is 0.338 e. The van der Waals surface area contributed by atoms with Crippen LogP contribution in [-0.2, 0) is 0 Å². The highest BCUT2D eigenvalue weighted by Gasteiger charge is 2.27. The van der Waals surface area contributed by atoms with Crippen LogP contribution in [0.5, 0.6) is 0 Å². The quantitative estimate of drug-likeness (QED) is 0.939. The molecule has 0 unspecified atom stereocenters. The van der Waals surface area contributed by atoms with Gasteiger partial charge in [-0.05, 0) is 31.4 Å². The lowest BCUT2D eigenvalue weighted by atomic mass is 9.97. The second-order valence-electron chi connectivity index (χ2n) is 5.50. The summed E-state index contributed by atoms with van der Waals surface area (Å²) in [5.74, 6) is 1.21. The number of nitrogens with zero attached hydrogens (tertiary/aromatic N) is 4. The predicted molar refractivity (Wildman–Crippen MR) is 80.2 cm³/mol. The Hall–Kier alpha value is -2.11. The fraction of sp³-hybridized carbons (Fsp3) is 0.533. The standard InChI is InChI=1S/C15H21N5O/c1-2-8-16-15(21)19-9-5-6-12(11-19)14-18-17-13-7-3-4-10-20(13)14/h3-4,7,10,12H,2,5-6,8-9,11H2,1H3,(H,16,21)/t12-/m0/s1. The smallest absolute Gasteiger partial charge is 0.317 e. The van der Waals surface area contributed by atoms with E-state index in [2.05, 4.69) is 22.4 Å². The zero-order valence-corrected chi connectivity index (χ0v) is 12.3. The van der Waals surface area contributed by atoms with Crippen molar-refractivity contribution in [1.82, 2.24) is 24.8 Å². The van der Waals surface area contributed by atoms with Crippen LogP contribution < -0.4 is 5.32 Å². The maximum absolute atomic E-state index is 12.1. The second-order valence-corrected chi connectivity index (χ2v) is 5.50. The monoisotopic (exact) mass is 287 g/mol. The molecule has 0 saturated carbocycles. The third kappa shape index (κ3) is 2.84. The normalized spacial score (nSPS) is 18.9. The van der Waals surface area contributed by atoms with Crippen LogP contribution in [0.3, 0.4) is 0 Å². The number of carbonyl (C=O) groups is 1. The van der Waals surface area contributed by atoms with Crippen molar-refractivity contribution in [1.29, 1.82) is 0 Å². The number of urea groups is 1. The van der Waals surface area contributed by atoms with Gasteiger partial charge in [-0.3, -0.25) is 4.40 Å². The first-order chi connectivity index (χ1) is 10.3. The van der Waals surface area contributed by atoms with Gasteiger partial charge in [0.25, 0.3) is 0 Å². The molecule has 1 aliphatic heterocycles. The van der Waals surface area contributed by atoms with Crippen molar-refractivity contribution in [3.05, 3.63) is 30.2 Å². The third-order valence-electron chi connectivity index (χ3n) is 3.94. The zero-order valence-electron chi connectivity index (χ0n) is 12.3. The number of aromatic nitrogens is 3. The number of hydrogen-bond donors (Lipinski definition) is 1. The molecule has 0 spiro atoms. The Bertz CT molecular complexity index is 623. The van der Waals surface area contributed by atoms with Crippen LogP contribution in [0, 0.1) is 0 Å². The van der Waals surface area contributed by atoms with Gasteiger partial charge >= 0.3 is 6.03 Å². The van der Waals surface area contributed by atoms with Crippen molar-refractivity contribution in [2.24, 2.45) is 0 Å². The van der Waals surface area contributed by atoms with E-state index in [1.54, 1.807) is 0 Å². The summed E-state index contributed by atoms with van der Waals surface area (Å²) >= 11 is 0. The van der Waals surface area contributed by atoms with E-state index in [0.717, 1.165) is 43.8 Å². The maximum atomic E-state index is 12.1. The number of likely N-dealkylation sites (tertiary alicyclic amines) is 1. The average Bonchev–Trinajstić information content (AvgIpc) is 2.97. The number of pyridine rings is 1. The van der Waals surface area contributed by atoms with Gasteiger partial charge in [0.05, 0.1) is 0 Å². The molecule has 0 aliphatic carbocycles. The van der Waals surface area contributed by atoms with E-state index < -0.39 is 0 Å². The van der Waals surface area contributed by atoms with E-state index in [9.17, 15) is 4.79 Å². The van der Waals surface area contributed by atoms with Gasteiger partial charge in [0.15, 0.2) is 5.65 Å². The van der Waals surface area contributed by atoms with Crippen LogP contribution in [0.2, 0.25) is 0 Å². The molecule has 0 radical (unpaired) electrons. The minimum atomic E-state index is 0.0374. The molecule has 3 heterocycles. The first-order valence-corrected chi connectivity index (χ1v) is 7.62. The van der Waals surface area contributed by atoms with Gasteiger partial charge in [0, 0.05) is 31.7 Å². The van der Waals surface area contributed by atoms with Gasteiger partial charge in [-0.2, -0.15) is 0 Å². The summed E-state index contributed by atoms with van der Waals surface area (Å²) in [5.41, 5.74) is 0.861. The summed E-state index contributed by atoms with van der Waals surface area (Å²) < 4.78 is 2.03. The Morgan fingerprint density at radius 2 is 2.33 bits per heavy atom. The molecule has 1 N–H and O–H groups in total. The van der Waals surface area contributed by atoms with Crippen molar-refractivity contribution in [3.63, 3.8) is 0 Å². The van der Waals surface area contributed by atoms with Gasteiger partial charge < -0.3 is 10.2 Å². The number of carbonyl (C=O) groups excluding carboxylic acids is 1. The van der Waals surface area contributed by atoms with Crippen molar-refractivity contribution < 1.29 is 4.79 Å². The van der Waals surface area contributed by atoms with Crippen molar-refractivity contribution in [2.75, 3.05) is 19.6 Å². The van der Waals surface area contributed by atoms with Crippen molar-refractivity contribution in [3.8, 4) is 0 Å². The van der Waals surface area contributed by atoms with Crippen LogP contribution >= 0.6 is 0 Å². The highest BCUT2D eigenvalue weighted by atomic mass is 16.2. The van der Waals surface area contributed by atoms with E-state index in [1.165, 1.54) is 0 Å². The molecule has 3 rings (SSSR count). The van der Waals surface area contributed by atoms with Crippen LogP contribution in [0.1, 0.15) is 37.9 Å².